The fourth-order valence-electron chi connectivity index (χ4n) is 4.22. The van der Waals surface area contributed by atoms with Crippen LogP contribution in [0.2, 0.25) is 0 Å². The maximum Gasteiger partial charge on any atom is 0.330 e. The summed E-state index contributed by atoms with van der Waals surface area (Å²) in [6.07, 6.45) is 3.66. The van der Waals surface area contributed by atoms with Crippen molar-refractivity contribution in [3.63, 3.8) is 0 Å². The third-order valence-electron chi connectivity index (χ3n) is 5.74. The van der Waals surface area contributed by atoms with Crippen LogP contribution in [0.25, 0.3) is 11.2 Å². The Morgan fingerprint density at radius 3 is 2.75 bits per heavy atom. The zero-order valence-corrected chi connectivity index (χ0v) is 19.9. The lowest BCUT2D eigenvalue weighted by molar-refractivity contribution is 0.0940. The standard InChI is InChI=1S/C22H31N7O2.ClH/c1-22(2,3)14-29-17-7-8-18(25-19(17)27(4)21(29)31)28-11-5-6-15(13-28)12-23-20(30)16-9-10-24-26-16;/h7-10,15H,5-6,11-14H2,1-4H3,(H,23,30)(H,24,26);1H. The van der Waals surface area contributed by atoms with Gasteiger partial charge in [0.1, 0.15) is 11.5 Å². The molecule has 1 saturated heterocycles. The molecule has 1 amide bonds. The van der Waals surface area contributed by atoms with Crippen LogP contribution in [0.5, 0.6) is 0 Å². The second-order valence-corrected chi connectivity index (χ2v) is 9.64. The summed E-state index contributed by atoms with van der Waals surface area (Å²) in [5.74, 6) is 1.08. The highest BCUT2D eigenvalue weighted by Crippen LogP contribution is 2.25. The van der Waals surface area contributed by atoms with Crippen LogP contribution in [0.15, 0.2) is 29.2 Å². The average Bonchev–Trinajstić information content (AvgIpc) is 3.35. The number of hydrogen-bond acceptors (Lipinski definition) is 5. The lowest BCUT2D eigenvalue weighted by Crippen LogP contribution is -2.41. The van der Waals surface area contributed by atoms with Crippen LogP contribution in [-0.4, -0.2) is 49.9 Å². The lowest BCUT2D eigenvalue weighted by Gasteiger charge is -2.33. The molecule has 0 saturated carbocycles. The maximum atomic E-state index is 12.8. The van der Waals surface area contributed by atoms with Gasteiger partial charge in [-0.2, -0.15) is 5.10 Å². The molecule has 1 aliphatic heterocycles. The first-order chi connectivity index (χ1) is 14.7. The average molecular weight is 462 g/mol. The minimum absolute atomic E-state index is 0. The number of amides is 1. The van der Waals surface area contributed by atoms with Gasteiger partial charge in [0.05, 0.1) is 5.52 Å². The van der Waals surface area contributed by atoms with Crippen molar-refractivity contribution in [2.75, 3.05) is 24.5 Å². The summed E-state index contributed by atoms with van der Waals surface area (Å²) in [6.45, 7) is 9.36. The molecule has 0 aromatic carbocycles. The molecule has 1 aliphatic rings. The highest BCUT2D eigenvalue weighted by Gasteiger charge is 2.24. The number of aryl methyl sites for hydroxylation is 1. The number of pyridine rings is 1. The molecule has 0 spiro atoms. The van der Waals surface area contributed by atoms with Crippen LogP contribution in [0.3, 0.4) is 0 Å². The largest absolute Gasteiger partial charge is 0.356 e. The predicted octanol–water partition coefficient (Wildman–Crippen LogP) is 2.57. The van der Waals surface area contributed by atoms with Gasteiger partial charge in [0.2, 0.25) is 0 Å². The third-order valence-corrected chi connectivity index (χ3v) is 5.74. The molecular weight excluding hydrogens is 430 g/mol. The third kappa shape index (κ3) is 4.98. The molecule has 10 heteroatoms. The van der Waals surface area contributed by atoms with E-state index in [1.54, 1.807) is 23.9 Å². The lowest BCUT2D eigenvalue weighted by atomic mass is 9.97. The fourth-order valence-corrected chi connectivity index (χ4v) is 4.22. The van der Waals surface area contributed by atoms with E-state index < -0.39 is 0 Å². The zero-order chi connectivity index (χ0) is 22.2. The quantitative estimate of drug-likeness (QED) is 0.608. The first-order valence-corrected chi connectivity index (χ1v) is 10.8. The van der Waals surface area contributed by atoms with E-state index in [1.807, 2.05) is 16.7 Å². The van der Waals surface area contributed by atoms with Crippen molar-refractivity contribution in [3.05, 3.63) is 40.6 Å². The van der Waals surface area contributed by atoms with E-state index in [4.69, 9.17) is 4.98 Å². The van der Waals surface area contributed by atoms with Crippen LogP contribution in [-0.2, 0) is 13.6 Å². The second-order valence-electron chi connectivity index (χ2n) is 9.64. The van der Waals surface area contributed by atoms with Crippen LogP contribution < -0.4 is 15.9 Å². The van der Waals surface area contributed by atoms with Gasteiger partial charge in [-0.3, -0.25) is 19.0 Å². The van der Waals surface area contributed by atoms with Crippen molar-refractivity contribution < 1.29 is 4.79 Å². The number of piperidine rings is 1. The maximum absolute atomic E-state index is 12.8. The second kappa shape index (κ2) is 9.36. The summed E-state index contributed by atoms with van der Waals surface area (Å²) >= 11 is 0. The summed E-state index contributed by atoms with van der Waals surface area (Å²) in [5.41, 5.74) is 2.01. The predicted molar refractivity (Wildman–Crippen MR) is 128 cm³/mol. The van der Waals surface area contributed by atoms with Gasteiger partial charge in [-0.15, -0.1) is 12.4 Å². The Morgan fingerprint density at radius 1 is 1.28 bits per heavy atom. The first kappa shape index (κ1) is 23.8. The number of aromatic nitrogens is 5. The number of H-pyrrole nitrogens is 1. The molecule has 0 aliphatic carbocycles. The number of carbonyl (C=O) groups excluding carboxylic acids is 1. The van der Waals surface area contributed by atoms with Crippen LogP contribution in [0.4, 0.5) is 5.82 Å². The number of rotatable bonds is 5. The number of nitrogens with zero attached hydrogens (tertiary/aromatic N) is 5. The Balaban J connectivity index is 0.00000289. The van der Waals surface area contributed by atoms with Gasteiger partial charge in [-0.05, 0) is 42.4 Å². The van der Waals surface area contributed by atoms with E-state index in [9.17, 15) is 9.59 Å². The zero-order valence-electron chi connectivity index (χ0n) is 19.1. The molecule has 32 heavy (non-hydrogen) atoms. The van der Waals surface area contributed by atoms with Gasteiger partial charge in [0, 0.05) is 39.4 Å². The van der Waals surface area contributed by atoms with Gasteiger partial charge in [-0.1, -0.05) is 20.8 Å². The SMILES string of the molecule is Cl.Cn1c(=O)n(CC(C)(C)C)c2ccc(N3CCCC(CNC(=O)c4ccn[nH]4)C3)nc21. The van der Waals surface area contributed by atoms with Crippen LogP contribution >= 0.6 is 12.4 Å². The molecule has 0 bridgehead atoms. The van der Waals surface area contributed by atoms with E-state index in [0.29, 0.717) is 30.3 Å². The number of halogens is 1. The molecule has 1 atom stereocenters. The molecule has 1 unspecified atom stereocenters. The van der Waals surface area contributed by atoms with E-state index in [0.717, 1.165) is 37.3 Å². The van der Waals surface area contributed by atoms with E-state index in [2.05, 4.69) is 41.2 Å². The number of aromatic amines is 1. The highest BCUT2D eigenvalue weighted by molar-refractivity contribution is 5.92. The molecule has 2 N–H and O–H groups in total. The molecule has 9 nitrogen and oxygen atoms in total. The van der Waals surface area contributed by atoms with Crippen LogP contribution in [0.1, 0.15) is 44.1 Å². The fraction of sp³-hybridized carbons (Fsp3) is 0.545. The first-order valence-electron chi connectivity index (χ1n) is 10.8. The Hall–Kier alpha value is -2.81. The molecule has 3 aromatic heterocycles. The number of nitrogens with one attached hydrogen (secondary N) is 2. The summed E-state index contributed by atoms with van der Waals surface area (Å²) in [7, 11) is 1.78. The minimum atomic E-state index is -0.135. The Labute approximate surface area is 193 Å². The molecule has 3 aromatic rings. The van der Waals surface area contributed by atoms with Gasteiger partial charge in [-0.25, -0.2) is 9.78 Å². The van der Waals surface area contributed by atoms with Crippen molar-refractivity contribution in [2.24, 2.45) is 18.4 Å². The number of hydrogen-bond donors (Lipinski definition) is 2. The molecule has 1 fully saturated rings. The number of fused-ring (bicyclic) bond motifs is 1. The van der Waals surface area contributed by atoms with Gasteiger partial charge in [0.25, 0.3) is 5.91 Å². The van der Waals surface area contributed by atoms with E-state index >= 15 is 0 Å². The Kier molecular flexibility index (Phi) is 6.97. The summed E-state index contributed by atoms with van der Waals surface area (Å²) in [5, 5.41) is 9.50. The van der Waals surface area contributed by atoms with Gasteiger partial charge in [0.15, 0.2) is 5.65 Å². The summed E-state index contributed by atoms with van der Waals surface area (Å²) in [6, 6.07) is 5.68. The number of carbonyl (C=O) groups is 1. The van der Waals surface area contributed by atoms with Gasteiger partial charge >= 0.3 is 5.69 Å². The van der Waals surface area contributed by atoms with Crippen molar-refractivity contribution in [2.45, 2.75) is 40.2 Å². The monoisotopic (exact) mass is 461 g/mol. The van der Waals surface area contributed by atoms with Gasteiger partial charge < -0.3 is 10.2 Å². The Bertz CT molecular complexity index is 1130. The molecule has 4 heterocycles. The van der Waals surface area contributed by atoms with E-state index in [1.165, 1.54) is 0 Å². The summed E-state index contributed by atoms with van der Waals surface area (Å²) in [4.78, 5) is 32.1. The topological polar surface area (TPSA) is 101 Å². The highest BCUT2D eigenvalue weighted by atomic mass is 35.5. The van der Waals surface area contributed by atoms with Crippen LogP contribution in [0, 0.1) is 11.3 Å². The number of imidazole rings is 1. The normalized spacial score (nSPS) is 16.8. The molecule has 174 valence electrons. The Morgan fingerprint density at radius 2 is 2.06 bits per heavy atom. The number of anilines is 1. The van der Waals surface area contributed by atoms with Crippen molar-refractivity contribution >= 4 is 35.3 Å². The van der Waals surface area contributed by atoms with E-state index in [-0.39, 0.29) is 29.4 Å². The smallest absolute Gasteiger partial charge is 0.330 e. The molecular formula is C22H32ClN7O2. The van der Waals surface area contributed by atoms with Crippen molar-refractivity contribution in [1.82, 2.24) is 29.6 Å². The minimum Gasteiger partial charge on any atom is -0.356 e. The van der Waals surface area contributed by atoms with Crippen molar-refractivity contribution in [3.8, 4) is 0 Å². The molecule has 4 rings (SSSR count). The molecule has 0 radical (unpaired) electrons. The van der Waals surface area contributed by atoms with Crippen molar-refractivity contribution in [1.29, 1.82) is 0 Å². The summed E-state index contributed by atoms with van der Waals surface area (Å²) < 4.78 is 3.45.